The zero-order chi connectivity index (χ0) is 16.9. The second-order valence-electron chi connectivity index (χ2n) is 5.58. The number of hydrazine groups is 1. The molecule has 0 aliphatic carbocycles. The van der Waals surface area contributed by atoms with Crippen molar-refractivity contribution in [3.8, 4) is 5.69 Å². The van der Waals surface area contributed by atoms with Gasteiger partial charge in [-0.05, 0) is 49.7 Å². The largest absolute Gasteiger partial charge is 0.324 e. The lowest BCUT2D eigenvalue weighted by Crippen LogP contribution is -2.31. The summed E-state index contributed by atoms with van der Waals surface area (Å²) in [5, 5.41) is 0. The molecule has 0 unspecified atom stereocenters. The fourth-order valence-electron chi connectivity index (χ4n) is 2.43. The molecule has 0 fully saturated rings. The highest BCUT2D eigenvalue weighted by atomic mass is 16.2. The van der Waals surface area contributed by atoms with Crippen LogP contribution in [0.4, 0.5) is 5.95 Å². The van der Waals surface area contributed by atoms with Gasteiger partial charge in [-0.15, -0.1) is 0 Å². The average molecular weight is 321 g/mol. The number of benzene rings is 1. The lowest BCUT2D eigenvalue weighted by molar-refractivity contribution is -0.119. The number of anilines is 1. The molecule has 3 aromatic rings. The molecule has 1 aromatic carbocycles. The van der Waals surface area contributed by atoms with E-state index < -0.39 is 0 Å². The van der Waals surface area contributed by atoms with Gasteiger partial charge in [0.05, 0.1) is 6.42 Å². The van der Waals surface area contributed by atoms with Crippen LogP contribution in [0.1, 0.15) is 17.0 Å². The minimum absolute atomic E-state index is 0.147. The van der Waals surface area contributed by atoms with Gasteiger partial charge in [0.15, 0.2) is 0 Å². The number of hydrogen-bond donors (Lipinski definition) is 2. The van der Waals surface area contributed by atoms with Crippen molar-refractivity contribution in [2.45, 2.75) is 20.3 Å². The minimum atomic E-state index is -0.147. The Morgan fingerprint density at radius 1 is 1.04 bits per heavy atom. The third kappa shape index (κ3) is 3.98. The van der Waals surface area contributed by atoms with Gasteiger partial charge in [0, 0.05) is 29.5 Å². The highest BCUT2D eigenvalue weighted by Gasteiger charge is 2.05. The molecular weight excluding hydrogens is 302 g/mol. The Labute approximate surface area is 140 Å². The van der Waals surface area contributed by atoms with Crippen molar-refractivity contribution >= 4 is 11.9 Å². The standard InChI is InChI=1S/C18H19N5O/c1-13-11-14(2)20-18(19-13)22-21-17(24)12-15-5-7-16(8-6-15)23-9-3-4-10-23/h3-11H,12H2,1-2H3,(H,21,24)(H,19,20,22). The Hall–Kier alpha value is -3.15. The van der Waals surface area contributed by atoms with Gasteiger partial charge in [0.2, 0.25) is 11.9 Å². The first-order chi connectivity index (χ1) is 11.6. The first-order valence-corrected chi connectivity index (χ1v) is 7.69. The molecule has 0 saturated carbocycles. The van der Waals surface area contributed by atoms with E-state index in [4.69, 9.17) is 0 Å². The minimum Gasteiger partial charge on any atom is -0.324 e. The van der Waals surface area contributed by atoms with Crippen LogP contribution in [-0.2, 0) is 11.2 Å². The number of carbonyl (C=O) groups excluding carboxylic acids is 1. The lowest BCUT2D eigenvalue weighted by atomic mass is 10.1. The number of nitrogens with one attached hydrogen (secondary N) is 2. The van der Waals surface area contributed by atoms with E-state index in [1.165, 1.54) is 0 Å². The fourth-order valence-corrected chi connectivity index (χ4v) is 2.43. The van der Waals surface area contributed by atoms with Gasteiger partial charge < -0.3 is 4.57 Å². The third-order valence-electron chi connectivity index (χ3n) is 3.50. The Morgan fingerprint density at radius 2 is 1.67 bits per heavy atom. The first-order valence-electron chi connectivity index (χ1n) is 7.69. The highest BCUT2D eigenvalue weighted by Crippen LogP contribution is 2.10. The molecule has 0 bridgehead atoms. The van der Waals surface area contributed by atoms with Gasteiger partial charge in [-0.2, -0.15) is 0 Å². The van der Waals surface area contributed by atoms with E-state index in [9.17, 15) is 4.79 Å². The molecule has 0 spiro atoms. The molecule has 0 aliphatic rings. The van der Waals surface area contributed by atoms with E-state index in [1.54, 1.807) is 0 Å². The van der Waals surface area contributed by atoms with Crippen LogP contribution in [0.2, 0.25) is 0 Å². The van der Waals surface area contributed by atoms with Crippen molar-refractivity contribution in [3.05, 3.63) is 71.8 Å². The van der Waals surface area contributed by atoms with Crippen molar-refractivity contribution in [2.75, 3.05) is 5.43 Å². The van der Waals surface area contributed by atoms with Gasteiger partial charge in [-0.1, -0.05) is 12.1 Å². The van der Waals surface area contributed by atoms with E-state index in [0.29, 0.717) is 5.95 Å². The second kappa shape index (κ2) is 6.95. The molecule has 2 aromatic heterocycles. The molecule has 24 heavy (non-hydrogen) atoms. The van der Waals surface area contributed by atoms with Gasteiger partial charge in [0.1, 0.15) is 0 Å². The molecule has 0 radical (unpaired) electrons. The number of carbonyl (C=O) groups is 1. The Morgan fingerprint density at radius 3 is 2.29 bits per heavy atom. The monoisotopic (exact) mass is 321 g/mol. The lowest BCUT2D eigenvalue weighted by Gasteiger charge is -2.09. The summed E-state index contributed by atoms with van der Waals surface area (Å²) in [4.78, 5) is 20.5. The Balaban J connectivity index is 1.56. The summed E-state index contributed by atoms with van der Waals surface area (Å²) >= 11 is 0. The van der Waals surface area contributed by atoms with Crippen LogP contribution in [0.25, 0.3) is 5.69 Å². The first kappa shape index (κ1) is 15.7. The number of aromatic nitrogens is 3. The van der Waals surface area contributed by atoms with Gasteiger partial charge in [0.25, 0.3) is 0 Å². The van der Waals surface area contributed by atoms with Crippen molar-refractivity contribution in [1.29, 1.82) is 0 Å². The summed E-state index contributed by atoms with van der Waals surface area (Å²) in [5.74, 6) is 0.246. The van der Waals surface area contributed by atoms with Crippen LogP contribution in [0.15, 0.2) is 54.9 Å². The maximum Gasteiger partial charge on any atom is 0.242 e. The number of hydrogen-bond acceptors (Lipinski definition) is 4. The Kier molecular flexibility index (Phi) is 4.56. The molecule has 1 amide bonds. The maximum atomic E-state index is 12.0. The topological polar surface area (TPSA) is 71.8 Å². The van der Waals surface area contributed by atoms with Crippen LogP contribution >= 0.6 is 0 Å². The predicted molar refractivity (Wildman–Crippen MR) is 92.7 cm³/mol. The third-order valence-corrected chi connectivity index (χ3v) is 3.50. The normalized spacial score (nSPS) is 10.4. The molecule has 2 N–H and O–H groups in total. The predicted octanol–water partition coefficient (Wildman–Crippen LogP) is 2.57. The van der Waals surface area contributed by atoms with Crippen molar-refractivity contribution in [1.82, 2.24) is 20.0 Å². The van der Waals surface area contributed by atoms with Crippen molar-refractivity contribution < 1.29 is 4.79 Å². The molecule has 0 aliphatic heterocycles. The molecule has 2 heterocycles. The zero-order valence-electron chi connectivity index (χ0n) is 13.7. The summed E-state index contributed by atoms with van der Waals surface area (Å²) in [6.45, 7) is 3.77. The maximum absolute atomic E-state index is 12.0. The summed E-state index contributed by atoms with van der Waals surface area (Å²) in [6, 6.07) is 13.7. The summed E-state index contributed by atoms with van der Waals surface area (Å²) in [5.41, 5.74) is 9.07. The van der Waals surface area contributed by atoms with E-state index in [-0.39, 0.29) is 12.3 Å². The summed E-state index contributed by atoms with van der Waals surface area (Å²) in [7, 11) is 0. The van der Waals surface area contributed by atoms with Crippen LogP contribution in [0.5, 0.6) is 0 Å². The van der Waals surface area contributed by atoms with Crippen molar-refractivity contribution in [2.24, 2.45) is 0 Å². The van der Waals surface area contributed by atoms with Gasteiger partial charge in [-0.3, -0.25) is 15.6 Å². The SMILES string of the molecule is Cc1cc(C)nc(NNC(=O)Cc2ccc(-n3cccc3)cc2)n1. The van der Waals surface area contributed by atoms with Crippen LogP contribution in [0.3, 0.4) is 0 Å². The number of nitrogens with zero attached hydrogens (tertiary/aromatic N) is 3. The average Bonchev–Trinajstić information content (AvgIpc) is 3.07. The quantitative estimate of drug-likeness (QED) is 0.709. The smallest absolute Gasteiger partial charge is 0.242 e. The van der Waals surface area contributed by atoms with E-state index in [1.807, 2.05) is 73.3 Å². The van der Waals surface area contributed by atoms with Crippen LogP contribution in [-0.4, -0.2) is 20.4 Å². The second-order valence-corrected chi connectivity index (χ2v) is 5.58. The molecule has 122 valence electrons. The van der Waals surface area contributed by atoms with E-state index >= 15 is 0 Å². The van der Waals surface area contributed by atoms with E-state index in [0.717, 1.165) is 22.6 Å². The molecule has 3 rings (SSSR count). The molecule has 6 heteroatoms. The van der Waals surface area contributed by atoms with Crippen molar-refractivity contribution in [3.63, 3.8) is 0 Å². The number of aryl methyl sites for hydroxylation is 2. The van der Waals surface area contributed by atoms with E-state index in [2.05, 4.69) is 20.8 Å². The number of rotatable bonds is 5. The molecule has 6 nitrogen and oxygen atoms in total. The van der Waals surface area contributed by atoms with Crippen LogP contribution < -0.4 is 10.9 Å². The summed E-state index contributed by atoms with van der Waals surface area (Å²) in [6.07, 6.45) is 4.24. The Bertz CT molecular complexity index is 805. The summed E-state index contributed by atoms with van der Waals surface area (Å²) < 4.78 is 2.02. The molecular formula is C18H19N5O. The molecule has 0 atom stereocenters. The fraction of sp³-hybridized carbons (Fsp3) is 0.167. The molecule has 0 saturated heterocycles. The highest BCUT2D eigenvalue weighted by molar-refractivity contribution is 5.79. The van der Waals surface area contributed by atoms with Gasteiger partial charge >= 0.3 is 0 Å². The number of amides is 1. The van der Waals surface area contributed by atoms with Crippen LogP contribution in [0, 0.1) is 13.8 Å². The zero-order valence-corrected chi connectivity index (χ0v) is 13.7. The van der Waals surface area contributed by atoms with Gasteiger partial charge in [-0.25, -0.2) is 9.97 Å².